The summed E-state index contributed by atoms with van der Waals surface area (Å²) in [5.41, 5.74) is 1.58. The molecule has 1 unspecified atom stereocenters. The van der Waals surface area contributed by atoms with Crippen LogP contribution in [0.4, 0.5) is 0 Å². The van der Waals surface area contributed by atoms with Gasteiger partial charge in [0.15, 0.2) is 0 Å². The Morgan fingerprint density at radius 1 is 1.67 bits per heavy atom. The zero-order valence-corrected chi connectivity index (χ0v) is 8.29. The SMILES string of the molecule is C=CC1CCCc2cc(C)sc21. The van der Waals surface area contributed by atoms with E-state index in [2.05, 4.69) is 25.6 Å². The second-order valence-electron chi connectivity index (χ2n) is 3.48. The van der Waals surface area contributed by atoms with Gasteiger partial charge in [-0.3, -0.25) is 0 Å². The van der Waals surface area contributed by atoms with Crippen molar-refractivity contribution in [1.82, 2.24) is 0 Å². The molecule has 1 atom stereocenters. The van der Waals surface area contributed by atoms with Gasteiger partial charge in [-0.25, -0.2) is 0 Å². The van der Waals surface area contributed by atoms with E-state index in [0.29, 0.717) is 5.92 Å². The monoisotopic (exact) mass is 178 g/mol. The third kappa shape index (κ3) is 1.22. The van der Waals surface area contributed by atoms with Crippen molar-refractivity contribution >= 4 is 11.3 Å². The lowest BCUT2D eigenvalue weighted by Crippen LogP contribution is -2.03. The number of thiophene rings is 1. The molecule has 1 aromatic heterocycles. The van der Waals surface area contributed by atoms with E-state index in [1.165, 1.54) is 24.1 Å². The summed E-state index contributed by atoms with van der Waals surface area (Å²) in [6, 6.07) is 2.34. The van der Waals surface area contributed by atoms with Crippen LogP contribution in [0.5, 0.6) is 0 Å². The fourth-order valence-corrected chi connectivity index (χ4v) is 3.17. The van der Waals surface area contributed by atoms with Gasteiger partial charge < -0.3 is 0 Å². The maximum atomic E-state index is 3.90. The number of aryl methyl sites for hydroxylation is 2. The van der Waals surface area contributed by atoms with Crippen molar-refractivity contribution in [2.75, 3.05) is 0 Å². The summed E-state index contributed by atoms with van der Waals surface area (Å²) in [5.74, 6) is 0.646. The van der Waals surface area contributed by atoms with E-state index < -0.39 is 0 Å². The number of rotatable bonds is 1. The summed E-state index contributed by atoms with van der Waals surface area (Å²) in [6.45, 7) is 6.10. The highest BCUT2D eigenvalue weighted by atomic mass is 32.1. The van der Waals surface area contributed by atoms with E-state index in [4.69, 9.17) is 0 Å². The Morgan fingerprint density at radius 2 is 2.50 bits per heavy atom. The topological polar surface area (TPSA) is 0 Å². The minimum absolute atomic E-state index is 0.646. The van der Waals surface area contributed by atoms with Gasteiger partial charge in [0.25, 0.3) is 0 Å². The lowest BCUT2D eigenvalue weighted by Gasteiger charge is -2.18. The molecule has 0 bridgehead atoms. The summed E-state index contributed by atoms with van der Waals surface area (Å²) in [4.78, 5) is 3.03. The summed E-state index contributed by atoms with van der Waals surface area (Å²) in [5, 5.41) is 0. The molecule has 64 valence electrons. The van der Waals surface area contributed by atoms with E-state index >= 15 is 0 Å². The predicted octanol–water partition coefficient (Wildman–Crippen LogP) is 3.66. The van der Waals surface area contributed by atoms with E-state index in [-0.39, 0.29) is 0 Å². The zero-order chi connectivity index (χ0) is 8.55. The minimum Gasteiger partial charge on any atom is -0.145 e. The molecular weight excluding hydrogens is 164 g/mol. The Labute approximate surface area is 77.9 Å². The summed E-state index contributed by atoms with van der Waals surface area (Å²) in [7, 11) is 0. The van der Waals surface area contributed by atoms with Crippen LogP contribution >= 0.6 is 11.3 Å². The van der Waals surface area contributed by atoms with Gasteiger partial charge in [0.1, 0.15) is 0 Å². The van der Waals surface area contributed by atoms with Gasteiger partial charge in [-0.05, 0) is 37.8 Å². The molecule has 1 heteroatoms. The molecule has 0 spiro atoms. The molecular formula is C11H14S. The highest BCUT2D eigenvalue weighted by Crippen LogP contribution is 2.37. The number of fused-ring (bicyclic) bond motifs is 1. The standard InChI is InChI=1S/C11H14S/c1-3-9-5-4-6-10-7-8(2)12-11(9)10/h3,7,9H,1,4-6H2,2H3. The molecule has 0 fully saturated rings. The molecule has 0 saturated carbocycles. The van der Waals surface area contributed by atoms with Crippen LogP contribution in [0.1, 0.15) is 34.1 Å². The maximum Gasteiger partial charge on any atom is 0.0149 e. The third-order valence-corrected chi connectivity index (χ3v) is 3.77. The van der Waals surface area contributed by atoms with Crippen molar-refractivity contribution in [2.24, 2.45) is 0 Å². The Kier molecular flexibility index (Phi) is 2.05. The van der Waals surface area contributed by atoms with Crippen LogP contribution in [0.2, 0.25) is 0 Å². The quantitative estimate of drug-likeness (QED) is 0.576. The van der Waals surface area contributed by atoms with Gasteiger partial charge in [-0.2, -0.15) is 0 Å². The molecule has 0 N–H and O–H groups in total. The van der Waals surface area contributed by atoms with Crippen LogP contribution in [0.3, 0.4) is 0 Å². The molecule has 0 radical (unpaired) electrons. The summed E-state index contributed by atoms with van der Waals surface area (Å²) >= 11 is 1.95. The molecule has 2 rings (SSSR count). The fourth-order valence-electron chi connectivity index (χ4n) is 1.96. The van der Waals surface area contributed by atoms with Crippen LogP contribution in [-0.4, -0.2) is 0 Å². The average Bonchev–Trinajstić information content (AvgIpc) is 2.44. The largest absolute Gasteiger partial charge is 0.145 e. The van der Waals surface area contributed by atoms with E-state index in [0.717, 1.165) is 0 Å². The van der Waals surface area contributed by atoms with Crippen molar-refractivity contribution in [2.45, 2.75) is 32.1 Å². The number of hydrogen-bond acceptors (Lipinski definition) is 1. The number of hydrogen-bond donors (Lipinski definition) is 0. The predicted molar refractivity (Wildman–Crippen MR) is 54.9 cm³/mol. The van der Waals surface area contributed by atoms with Gasteiger partial charge in [0.2, 0.25) is 0 Å². The van der Waals surface area contributed by atoms with Gasteiger partial charge in [0.05, 0.1) is 0 Å². The molecule has 1 aliphatic carbocycles. The highest BCUT2D eigenvalue weighted by molar-refractivity contribution is 7.12. The molecule has 0 nitrogen and oxygen atoms in total. The normalized spacial score (nSPS) is 21.9. The van der Waals surface area contributed by atoms with Gasteiger partial charge >= 0.3 is 0 Å². The first kappa shape index (κ1) is 8.06. The molecule has 1 heterocycles. The Bertz CT molecular complexity index is 296. The smallest absolute Gasteiger partial charge is 0.0149 e. The van der Waals surface area contributed by atoms with Crippen molar-refractivity contribution < 1.29 is 0 Å². The van der Waals surface area contributed by atoms with Crippen molar-refractivity contribution in [3.8, 4) is 0 Å². The molecule has 0 amide bonds. The zero-order valence-electron chi connectivity index (χ0n) is 7.47. The average molecular weight is 178 g/mol. The number of allylic oxidation sites excluding steroid dienone is 1. The molecule has 0 saturated heterocycles. The molecule has 12 heavy (non-hydrogen) atoms. The first-order chi connectivity index (χ1) is 5.81. The first-order valence-electron chi connectivity index (χ1n) is 4.53. The lowest BCUT2D eigenvalue weighted by molar-refractivity contribution is 0.641. The van der Waals surface area contributed by atoms with Gasteiger partial charge in [0, 0.05) is 15.7 Å². The van der Waals surface area contributed by atoms with Crippen LogP contribution in [0.25, 0.3) is 0 Å². The first-order valence-corrected chi connectivity index (χ1v) is 5.34. The van der Waals surface area contributed by atoms with E-state index in [1.54, 1.807) is 10.4 Å². The van der Waals surface area contributed by atoms with E-state index in [9.17, 15) is 0 Å². The minimum atomic E-state index is 0.646. The maximum absolute atomic E-state index is 3.90. The second-order valence-corrected chi connectivity index (χ2v) is 4.77. The molecule has 0 aliphatic heterocycles. The molecule has 1 aromatic rings. The lowest BCUT2D eigenvalue weighted by atomic mass is 9.89. The van der Waals surface area contributed by atoms with Crippen molar-refractivity contribution in [3.63, 3.8) is 0 Å². The van der Waals surface area contributed by atoms with Crippen LogP contribution in [0.15, 0.2) is 18.7 Å². The third-order valence-electron chi connectivity index (χ3n) is 2.55. The molecule has 0 aromatic carbocycles. The Hall–Kier alpha value is -0.560. The van der Waals surface area contributed by atoms with Crippen LogP contribution in [0, 0.1) is 6.92 Å². The van der Waals surface area contributed by atoms with Gasteiger partial charge in [-0.15, -0.1) is 17.9 Å². The van der Waals surface area contributed by atoms with Crippen LogP contribution in [-0.2, 0) is 6.42 Å². The Morgan fingerprint density at radius 3 is 3.25 bits per heavy atom. The highest BCUT2D eigenvalue weighted by Gasteiger charge is 2.19. The van der Waals surface area contributed by atoms with E-state index in [1.807, 2.05) is 11.3 Å². The molecule has 1 aliphatic rings. The van der Waals surface area contributed by atoms with Crippen molar-refractivity contribution in [3.05, 3.63) is 34.0 Å². The van der Waals surface area contributed by atoms with Gasteiger partial charge in [-0.1, -0.05) is 6.08 Å². The fraction of sp³-hybridized carbons (Fsp3) is 0.455. The van der Waals surface area contributed by atoms with Crippen molar-refractivity contribution in [1.29, 1.82) is 0 Å². The Balaban J connectivity index is 2.43. The summed E-state index contributed by atoms with van der Waals surface area (Å²) in [6.07, 6.45) is 6.02. The second kappa shape index (κ2) is 3.06. The summed E-state index contributed by atoms with van der Waals surface area (Å²) < 4.78 is 0. The van der Waals surface area contributed by atoms with Crippen LogP contribution < -0.4 is 0 Å².